The molecule has 0 radical (unpaired) electrons. The lowest BCUT2D eigenvalue weighted by Crippen LogP contribution is -2.47. The number of para-hydroxylation sites is 1. The number of carbonyl (C=O) groups is 1. The molecule has 0 aliphatic rings. The fraction of sp³-hybridized carbons (Fsp3) is 0.179. The van der Waals surface area contributed by atoms with Crippen molar-refractivity contribution in [1.29, 1.82) is 0 Å². The van der Waals surface area contributed by atoms with E-state index in [1.165, 1.54) is 0 Å². The molecule has 7 nitrogen and oxygen atoms in total. The third-order valence-electron chi connectivity index (χ3n) is 6.19. The highest BCUT2D eigenvalue weighted by molar-refractivity contribution is 5.84. The molecule has 38 heavy (non-hydrogen) atoms. The molecule has 0 saturated carbocycles. The molecule has 0 spiro atoms. The molecule has 194 valence electrons. The summed E-state index contributed by atoms with van der Waals surface area (Å²) in [5.74, 6) is -2.70. The van der Waals surface area contributed by atoms with Crippen LogP contribution < -0.4 is 5.73 Å². The Kier molecular flexibility index (Phi) is 6.50. The van der Waals surface area contributed by atoms with E-state index in [2.05, 4.69) is 10.1 Å². The predicted octanol–water partition coefficient (Wildman–Crippen LogP) is 5.28. The van der Waals surface area contributed by atoms with Crippen LogP contribution in [0.5, 0.6) is 0 Å². The van der Waals surface area contributed by atoms with E-state index in [4.69, 9.17) is 15.0 Å². The Morgan fingerprint density at radius 1 is 0.974 bits per heavy atom. The minimum Gasteiger partial charge on any atom is -0.427 e. The van der Waals surface area contributed by atoms with Crippen molar-refractivity contribution >= 4 is 16.9 Å². The highest BCUT2D eigenvalue weighted by Crippen LogP contribution is 2.31. The van der Waals surface area contributed by atoms with Crippen LogP contribution in [0.3, 0.4) is 0 Å². The van der Waals surface area contributed by atoms with E-state index in [-0.39, 0.29) is 18.7 Å². The zero-order valence-electron chi connectivity index (χ0n) is 20.3. The second-order valence-corrected chi connectivity index (χ2v) is 8.99. The van der Waals surface area contributed by atoms with Gasteiger partial charge in [0.25, 0.3) is 5.89 Å². The van der Waals surface area contributed by atoms with Crippen LogP contribution in [0.4, 0.5) is 13.2 Å². The van der Waals surface area contributed by atoms with Gasteiger partial charge in [-0.05, 0) is 28.3 Å². The van der Waals surface area contributed by atoms with Gasteiger partial charge in [-0.2, -0.15) is 18.2 Å². The van der Waals surface area contributed by atoms with Crippen LogP contribution in [0.1, 0.15) is 22.8 Å². The number of nitrogens with two attached hydrogens (primary N) is 1. The summed E-state index contributed by atoms with van der Waals surface area (Å²) in [6.45, 7) is 0. The van der Waals surface area contributed by atoms with Crippen LogP contribution >= 0.6 is 0 Å². The molecular weight excluding hydrogens is 497 g/mol. The van der Waals surface area contributed by atoms with Crippen molar-refractivity contribution in [2.45, 2.75) is 24.7 Å². The average Bonchev–Trinajstić information content (AvgIpc) is 3.49. The summed E-state index contributed by atoms with van der Waals surface area (Å²) in [6.07, 6.45) is -3.63. The van der Waals surface area contributed by atoms with Crippen molar-refractivity contribution < 1.29 is 27.2 Å². The zero-order valence-corrected chi connectivity index (χ0v) is 20.3. The normalized spacial score (nSPS) is 13.4. The van der Waals surface area contributed by atoms with Crippen molar-refractivity contribution in [3.63, 3.8) is 0 Å². The lowest BCUT2D eigenvalue weighted by molar-refractivity contribution is -0.217. The van der Waals surface area contributed by atoms with E-state index in [1.807, 2.05) is 66.7 Å². The average molecular weight is 521 g/mol. The van der Waals surface area contributed by atoms with Crippen LogP contribution in [-0.4, -0.2) is 26.9 Å². The molecule has 1 atom stereocenters. The quantitative estimate of drug-likeness (QED) is 0.232. The summed E-state index contributed by atoms with van der Waals surface area (Å²) >= 11 is 0. The first kappa shape index (κ1) is 25.2. The third-order valence-corrected chi connectivity index (χ3v) is 6.19. The van der Waals surface area contributed by atoms with Gasteiger partial charge in [-0.1, -0.05) is 78.0 Å². The van der Waals surface area contributed by atoms with Crippen LogP contribution in [0.2, 0.25) is 0 Å². The minimum atomic E-state index is -5.26. The predicted molar refractivity (Wildman–Crippen MR) is 134 cm³/mol. The topological polar surface area (TPSA) is 96.2 Å². The number of rotatable bonds is 7. The molecule has 2 aromatic heterocycles. The number of hydrogen-bond donors (Lipinski definition) is 1. The molecule has 10 heteroatoms. The van der Waals surface area contributed by atoms with Crippen molar-refractivity contribution in [2.24, 2.45) is 12.8 Å². The number of halogens is 3. The van der Waals surface area contributed by atoms with Gasteiger partial charge in [0.1, 0.15) is 0 Å². The summed E-state index contributed by atoms with van der Waals surface area (Å²) in [6, 6.07) is 24.8. The Balaban J connectivity index is 1.43. The SMILES string of the molecule is Cn1cc(C[C@](N)(OC(=O)C(F)(F)F)c2nc(Cc3ccc(-c4ccccc4)cc3)no2)c2ccccc21. The maximum absolute atomic E-state index is 13.1. The summed E-state index contributed by atoms with van der Waals surface area (Å²) in [4.78, 5) is 16.1. The number of benzene rings is 3. The van der Waals surface area contributed by atoms with Gasteiger partial charge in [0, 0.05) is 37.0 Å². The van der Waals surface area contributed by atoms with E-state index < -0.39 is 23.8 Å². The molecule has 3 aromatic carbocycles. The van der Waals surface area contributed by atoms with Gasteiger partial charge in [-0.15, -0.1) is 0 Å². The van der Waals surface area contributed by atoms with Gasteiger partial charge < -0.3 is 13.8 Å². The van der Waals surface area contributed by atoms with Gasteiger partial charge >= 0.3 is 12.1 Å². The van der Waals surface area contributed by atoms with Gasteiger partial charge in [0.15, 0.2) is 5.82 Å². The van der Waals surface area contributed by atoms with E-state index in [0.717, 1.165) is 27.6 Å². The molecule has 0 amide bonds. The molecule has 0 fully saturated rings. The number of aromatic nitrogens is 3. The summed E-state index contributed by atoms with van der Waals surface area (Å²) in [7, 11) is 1.79. The fourth-order valence-electron chi connectivity index (χ4n) is 4.35. The Morgan fingerprint density at radius 2 is 1.63 bits per heavy atom. The maximum Gasteiger partial charge on any atom is 0.491 e. The highest BCUT2D eigenvalue weighted by Gasteiger charge is 2.48. The van der Waals surface area contributed by atoms with Crippen LogP contribution in [-0.2, 0) is 35.1 Å². The Morgan fingerprint density at radius 3 is 2.34 bits per heavy atom. The lowest BCUT2D eigenvalue weighted by Gasteiger charge is -2.25. The van der Waals surface area contributed by atoms with Crippen molar-refractivity contribution in [2.75, 3.05) is 0 Å². The molecule has 0 bridgehead atoms. The number of alkyl halides is 3. The molecule has 0 saturated heterocycles. The fourth-order valence-corrected chi connectivity index (χ4v) is 4.35. The van der Waals surface area contributed by atoms with Gasteiger partial charge in [-0.25, -0.2) is 4.79 Å². The highest BCUT2D eigenvalue weighted by atomic mass is 19.4. The van der Waals surface area contributed by atoms with Crippen LogP contribution in [0, 0.1) is 0 Å². The van der Waals surface area contributed by atoms with Crippen molar-refractivity contribution in [3.8, 4) is 11.1 Å². The molecule has 2 N–H and O–H groups in total. The maximum atomic E-state index is 13.1. The Hall–Kier alpha value is -4.44. The standard InChI is InChI=1S/C28H23F3N4O3/c1-35-17-21(22-9-5-6-10-23(22)35)16-27(32,37-26(36)28(29,30)31)25-33-24(34-38-25)15-18-11-13-20(14-12-18)19-7-3-2-4-8-19/h2-14,17H,15-16,32H2,1H3/t27-/m0/s1. The first-order valence-corrected chi connectivity index (χ1v) is 11.7. The molecule has 2 heterocycles. The number of carbonyl (C=O) groups excluding carboxylic acids is 1. The van der Waals surface area contributed by atoms with Gasteiger partial charge in [0.05, 0.1) is 0 Å². The minimum absolute atomic E-state index is 0.184. The molecular formula is C28H23F3N4O3. The number of ether oxygens (including phenoxy) is 1. The van der Waals surface area contributed by atoms with E-state index in [1.54, 1.807) is 29.9 Å². The first-order chi connectivity index (χ1) is 18.1. The molecule has 5 rings (SSSR count). The number of nitrogens with zero attached hydrogens (tertiary/aromatic N) is 3. The van der Waals surface area contributed by atoms with E-state index in [9.17, 15) is 18.0 Å². The second-order valence-electron chi connectivity index (χ2n) is 8.99. The number of fused-ring (bicyclic) bond motifs is 1. The van der Waals surface area contributed by atoms with Gasteiger partial charge in [-0.3, -0.25) is 5.73 Å². The zero-order chi connectivity index (χ0) is 26.9. The Labute approximate surface area is 215 Å². The summed E-state index contributed by atoms with van der Waals surface area (Å²) in [5, 5.41) is 4.63. The number of hydrogen-bond acceptors (Lipinski definition) is 6. The van der Waals surface area contributed by atoms with E-state index >= 15 is 0 Å². The summed E-state index contributed by atoms with van der Waals surface area (Å²) in [5.41, 5.74) is 8.26. The number of aryl methyl sites for hydroxylation is 1. The van der Waals surface area contributed by atoms with Crippen LogP contribution in [0.25, 0.3) is 22.0 Å². The lowest BCUT2D eigenvalue weighted by atomic mass is 10.0. The molecule has 0 unspecified atom stereocenters. The van der Waals surface area contributed by atoms with Crippen LogP contribution in [0.15, 0.2) is 89.6 Å². The Bertz CT molecular complexity index is 1580. The third kappa shape index (κ3) is 5.16. The molecule has 0 aliphatic carbocycles. The largest absolute Gasteiger partial charge is 0.491 e. The van der Waals surface area contributed by atoms with Crippen molar-refractivity contribution in [1.82, 2.24) is 14.7 Å². The number of esters is 1. The monoisotopic (exact) mass is 520 g/mol. The second kappa shape index (κ2) is 9.79. The van der Waals surface area contributed by atoms with Gasteiger partial charge in [0.2, 0.25) is 5.72 Å². The van der Waals surface area contributed by atoms with Crippen molar-refractivity contribution in [3.05, 3.63) is 108 Å². The summed E-state index contributed by atoms with van der Waals surface area (Å²) < 4.78 is 51.3. The van der Waals surface area contributed by atoms with E-state index in [0.29, 0.717) is 5.56 Å². The molecule has 0 aliphatic heterocycles. The molecule has 5 aromatic rings. The first-order valence-electron chi connectivity index (χ1n) is 11.7. The smallest absolute Gasteiger partial charge is 0.427 e.